The molecule has 1 aromatic heterocycles. The van der Waals surface area contributed by atoms with Crippen LogP contribution >= 0.6 is 0 Å². The molecule has 1 N–H and O–H groups in total. The van der Waals surface area contributed by atoms with E-state index >= 15 is 0 Å². The average molecular weight is 252 g/mol. The van der Waals surface area contributed by atoms with Crippen molar-refractivity contribution in [2.75, 3.05) is 6.54 Å². The normalized spacial score (nSPS) is 29.4. The van der Waals surface area contributed by atoms with Crippen molar-refractivity contribution in [3.05, 3.63) is 17.5 Å². The Bertz CT molecular complexity index is 430. The monoisotopic (exact) mass is 252 g/mol. The number of aromatic nitrogens is 1. The molecule has 1 aliphatic heterocycles. The fourth-order valence-electron chi connectivity index (χ4n) is 2.73. The van der Waals surface area contributed by atoms with Gasteiger partial charge in [0.15, 0.2) is 11.5 Å². The Kier molecular flexibility index (Phi) is 3.71. The van der Waals surface area contributed by atoms with Gasteiger partial charge in [0.1, 0.15) is 0 Å². The van der Waals surface area contributed by atoms with E-state index in [1.807, 2.05) is 0 Å². The lowest BCUT2D eigenvalue weighted by Gasteiger charge is -2.40. The van der Waals surface area contributed by atoms with Gasteiger partial charge < -0.3 is 9.63 Å². The molecule has 0 bridgehead atoms. The average Bonchev–Trinajstić information content (AvgIpc) is 2.74. The Morgan fingerprint density at radius 1 is 1.56 bits per heavy atom. The van der Waals surface area contributed by atoms with Gasteiger partial charge in [0.25, 0.3) is 0 Å². The van der Waals surface area contributed by atoms with Crippen LogP contribution < -0.4 is 0 Å². The highest BCUT2D eigenvalue weighted by Crippen LogP contribution is 2.28. The molecule has 1 aromatic rings. The number of carboxylic acids is 1. The third-order valence-corrected chi connectivity index (χ3v) is 3.86. The zero-order valence-corrected chi connectivity index (χ0v) is 11.1. The summed E-state index contributed by atoms with van der Waals surface area (Å²) >= 11 is 0. The predicted molar refractivity (Wildman–Crippen MR) is 66.3 cm³/mol. The first-order valence-corrected chi connectivity index (χ1v) is 6.40. The summed E-state index contributed by atoms with van der Waals surface area (Å²) in [4.78, 5) is 13.1. The van der Waals surface area contributed by atoms with Crippen molar-refractivity contribution in [1.82, 2.24) is 10.1 Å². The molecule has 2 heterocycles. The van der Waals surface area contributed by atoms with E-state index in [2.05, 4.69) is 30.8 Å². The second kappa shape index (κ2) is 5.10. The number of nitrogens with zero attached hydrogens (tertiary/aromatic N) is 2. The van der Waals surface area contributed by atoms with Crippen LogP contribution in [0.4, 0.5) is 0 Å². The van der Waals surface area contributed by atoms with Crippen LogP contribution in [0.2, 0.25) is 0 Å². The maximum atomic E-state index is 10.7. The van der Waals surface area contributed by atoms with Crippen LogP contribution in [0.1, 0.15) is 43.4 Å². The molecule has 3 atom stereocenters. The summed E-state index contributed by atoms with van der Waals surface area (Å²) < 4.78 is 5.08. The van der Waals surface area contributed by atoms with Crippen molar-refractivity contribution in [2.24, 2.45) is 11.8 Å². The first-order valence-electron chi connectivity index (χ1n) is 6.40. The van der Waals surface area contributed by atoms with Crippen molar-refractivity contribution in [1.29, 1.82) is 0 Å². The maximum absolute atomic E-state index is 10.7. The van der Waals surface area contributed by atoms with Crippen molar-refractivity contribution in [2.45, 2.75) is 39.8 Å². The fourth-order valence-corrected chi connectivity index (χ4v) is 2.73. The maximum Gasteiger partial charge on any atom is 0.358 e. The van der Waals surface area contributed by atoms with Crippen LogP contribution in [-0.2, 0) is 6.54 Å². The van der Waals surface area contributed by atoms with Crippen LogP contribution in [0, 0.1) is 11.8 Å². The molecule has 0 aromatic carbocycles. The summed E-state index contributed by atoms with van der Waals surface area (Å²) in [5.41, 5.74) is -0.0178. The van der Waals surface area contributed by atoms with Gasteiger partial charge in [-0.15, -0.1) is 0 Å². The van der Waals surface area contributed by atoms with E-state index in [0.29, 0.717) is 30.2 Å². The topological polar surface area (TPSA) is 66.6 Å². The Labute approximate surface area is 107 Å². The van der Waals surface area contributed by atoms with Crippen LogP contribution in [0.3, 0.4) is 0 Å². The van der Waals surface area contributed by atoms with Crippen LogP contribution in [0.15, 0.2) is 10.6 Å². The van der Waals surface area contributed by atoms with Gasteiger partial charge in [0, 0.05) is 18.7 Å². The number of carboxylic acid groups (broad SMARTS) is 1. The summed E-state index contributed by atoms with van der Waals surface area (Å²) in [6.07, 6.45) is 1.24. The molecule has 0 saturated carbocycles. The van der Waals surface area contributed by atoms with Crippen molar-refractivity contribution >= 4 is 5.97 Å². The molecule has 0 radical (unpaired) electrons. The van der Waals surface area contributed by atoms with Gasteiger partial charge in [-0.2, -0.15) is 0 Å². The summed E-state index contributed by atoms with van der Waals surface area (Å²) in [7, 11) is 0. The molecule has 1 saturated heterocycles. The number of hydrogen-bond acceptors (Lipinski definition) is 4. The molecule has 2 rings (SSSR count). The minimum atomic E-state index is -1.04. The Balaban J connectivity index is 2.05. The summed E-state index contributed by atoms with van der Waals surface area (Å²) in [6, 6.07) is 2.00. The van der Waals surface area contributed by atoms with E-state index in [1.54, 1.807) is 0 Å². The third-order valence-electron chi connectivity index (χ3n) is 3.86. The van der Waals surface area contributed by atoms with E-state index in [9.17, 15) is 4.79 Å². The smallest absolute Gasteiger partial charge is 0.358 e. The highest BCUT2D eigenvalue weighted by Gasteiger charge is 2.29. The first kappa shape index (κ1) is 13.1. The second-order valence-electron chi connectivity index (χ2n) is 5.47. The Morgan fingerprint density at radius 2 is 2.28 bits per heavy atom. The minimum absolute atomic E-state index is 0.0178. The molecule has 0 amide bonds. The van der Waals surface area contributed by atoms with Gasteiger partial charge in [-0.25, -0.2) is 4.79 Å². The molecule has 3 unspecified atom stereocenters. The molecule has 1 aliphatic rings. The van der Waals surface area contributed by atoms with Gasteiger partial charge >= 0.3 is 5.97 Å². The van der Waals surface area contributed by atoms with Crippen molar-refractivity contribution in [3.63, 3.8) is 0 Å². The quantitative estimate of drug-likeness (QED) is 0.893. The van der Waals surface area contributed by atoms with E-state index in [4.69, 9.17) is 9.63 Å². The largest absolute Gasteiger partial charge is 0.476 e. The first-order chi connectivity index (χ1) is 8.47. The lowest BCUT2D eigenvalue weighted by molar-refractivity contribution is 0.0645. The molecule has 0 aliphatic carbocycles. The standard InChI is InChI=1S/C13H20N2O3/c1-8-4-9(2)10(3)15(6-8)7-11-5-12(13(16)17)14-18-11/h5,8-10H,4,6-7H2,1-3H3,(H,16,17). The van der Waals surface area contributed by atoms with E-state index in [1.165, 1.54) is 12.5 Å². The highest BCUT2D eigenvalue weighted by molar-refractivity contribution is 5.85. The SMILES string of the molecule is CC1CC(C)C(C)N(Cc2cc(C(=O)O)no2)C1. The number of carbonyl (C=O) groups is 1. The number of hydrogen-bond donors (Lipinski definition) is 1. The van der Waals surface area contributed by atoms with Gasteiger partial charge in [0.05, 0.1) is 6.54 Å². The lowest BCUT2D eigenvalue weighted by Crippen LogP contribution is -2.45. The molecule has 0 spiro atoms. The molecular weight excluding hydrogens is 232 g/mol. The zero-order valence-electron chi connectivity index (χ0n) is 11.1. The number of rotatable bonds is 3. The van der Waals surface area contributed by atoms with Gasteiger partial charge in [-0.05, 0) is 25.2 Å². The Hall–Kier alpha value is -1.36. The van der Waals surface area contributed by atoms with Crippen LogP contribution in [-0.4, -0.2) is 33.7 Å². The third kappa shape index (κ3) is 2.72. The molecule has 5 heteroatoms. The molecular formula is C13H20N2O3. The van der Waals surface area contributed by atoms with Gasteiger partial charge in [-0.3, -0.25) is 4.90 Å². The molecule has 1 fully saturated rings. The van der Waals surface area contributed by atoms with Crippen LogP contribution in [0.5, 0.6) is 0 Å². The van der Waals surface area contributed by atoms with Crippen molar-refractivity contribution in [3.8, 4) is 0 Å². The van der Waals surface area contributed by atoms with Crippen LogP contribution in [0.25, 0.3) is 0 Å². The van der Waals surface area contributed by atoms with Gasteiger partial charge in [0.2, 0.25) is 0 Å². The Morgan fingerprint density at radius 3 is 2.89 bits per heavy atom. The number of aromatic carboxylic acids is 1. The summed E-state index contributed by atoms with van der Waals surface area (Å²) in [5, 5.41) is 12.3. The molecule has 100 valence electrons. The molecule has 18 heavy (non-hydrogen) atoms. The second-order valence-corrected chi connectivity index (χ2v) is 5.47. The zero-order chi connectivity index (χ0) is 13.3. The van der Waals surface area contributed by atoms with Gasteiger partial charge in [-0.1, -0.05) is 19.0 Å². The summed E-state index contributed by atoms with van der Waals surface area (Å²) in [6.45, 7) is 8.38. The number of piperidine rings is 1. The predicted octanol–water partition coefficient (Wildman–Crippen LogP) is 2.24. The number of likely N-dealkylation sites (tertiary alicyclic amines) is 1. The van der Waals surface area contributed by atoms with E-state index in [-0.39, 0.29) is 5.69 Å². The van der Waals surface area contributed by atoms with E-state index < -0.39 is 5.97 Å². The molecule has 5 nitrogen and oxygen atoms in total. The minimum Gasteiger partial charge on any atom is -0.476 e. The highest BCUT2D eigenvalue weighted by atomic mass is 16.5. The van der Waals surface area contributed by atoms with Crippen molar-refractivity contribution < 1.29 is 14.4 Å². The fraction of sp³-hybridized carbons (Fsp3) is 0.692. The van der Waals surface area contributed by atoms with E-state index in [0.717, 1.165) is 6.54 Å². The summed E-state index contributed by atoms with van der Waals surface area (Å²) in [5.74, 6) is 0.896. The lowest BCUT2D eigenvalue weighted by atomic mass is 9.86.